The molecule has 0 saturated heterocycles. The van der Waals surface area contributed by atoms with E-state index < -0.39 is 0 Å². The van der Waals surface area contributed by atoms with Crippen LogP contribution >= 0.6 is 0 Å². The zero-order valence-electron chi connectivity index (χ0n) is 11.7. The predicted octanol–water partition coefficient (Wildman–Crippen LogP) is 3.70. The lowest BCUT2D eigenvalue weighted by atomic mass is 10.1. The number of hydrogen-bond donors (Lipinski definition) is 1. The van der Waals surface area contributed by atoms with Gasteiger partial charge in [0.2, 0.25) is 5.89 Å². The maximum atomic E-state index is 6.07. The van der Waals surface area contributed by atoms with Gasteiger partial charge in [-0.05, 0) is 49.2 Å². The number of anilines is 1. The zero-order valence-corrected chi connectivity index (χ0v) is 11.7. The fraction of sp³-hybridized carbons (Fsp3) is 0.188. The number of benzene rings is 2. The minimum absolute atomic E-state index is 0.572. The van der Waals surface area contributed by atoms with E-state index >= 15 is 0 Å². The number of nitrogens with zero attached hydrogens (tertiary/aromatic N) is 1. The Kier molecular flexibility index (Phi) is 2.86. The summed E-state index contributed by atoms with van der Waals surface area (Å²) in [5.41, 5.74) is 11.2. The van der Waals surface area contributed by atoms with Crippen molar-refractivity contribution in [2.24, 2.45) is 0 Å². The zero-order chi connectivity index (χ0) is 14.3. The maximum absolute atomic E-state index is 6.07. The molecule has 1 aromatic heterocycles. The number of fused-ring (bicyclic) bond motifs is 1. The molecule has 4 nitrogen and oxygen atoms in total. The fourth-order valence-electron chi connectivity index (χ4n) is 2.28. The lowest BCUT2D eigenvalue weighted by Gasteiger charge is -2.01. The van der Waals surface area contributed by atoms with E-state index in [-0.39, 0.29) is 0 Å². The number of ether oxygens (including phenoxy) is 1. The molecule has 2 aromatic carbocycles. The summed E-state index contributed by atoms with van der Waals surface area (Å²) in [6, 6.07) is 9.62. The van der Waals surface area contributed by atoms with Gasteiger partial charge in [-0.25, -0.2) is 4.98 Å². The van der Waals surface area contributed by atoms with Crippen LogP contribution in [0.25, 0.3) is 22.6 Å². The third-order valence-electron chi connectivity index (χ3n) is 3.44. The highest BCUT2D eigenvalue weighted by atomic mass is 16.5. The average Bonchev–Trinajstić information content (AvgIpc) is 2.91. The molecule has 4 heteroatoms. The van der Waals surface area contributed by atoms with Gasteiger partial charge in [-0.2, -0.15) is 0 Å². The average molecular weight is 268 g/mol. The van der Waals surface area contributed by atoms with Crippen LogP contribution < -0.4 is 10.5 Å². The molecule has 0 aliphatic rings. The molecule has 0 radical (unpaired) electrons. The number of nitrogens with two attached hydrogens (primary N) is 1. The molecule has 0 bridgehead atoms. The molecule has 0 aliphatic heterocycles. The molecule has 0 fully saturated rings. The molecule has 0 unspecified atom stereocenters. The Morgan fingerprint density at radius 3 is 2.45 bits per heavy atom. The van der Waals surface area contributed by atoms with E-state index in [0.29, 0.717) is 17.2 Å². The van der Waals surface area contributed by atoms with E-state index in [1.807, 2.05) is 44.2 Å². The Hall–Kier alpha value is -2.49. The van der Waals surface area contributed by atoms with Gasteiger partial charge >= 0.3 is 0 Å². The second-order valence-corrected chi connectivity index (χ2v) is 4.85. The highest BCUT2D eigenvalue weighted by Gasteiger charge is 2.14. The number of hydrogen-bond acceptors (Lipinski definition) is 4. The molecule has 3 rings (SSSR count). The van der Waals surface area contributed by atoms with Gasteiger partial charge in [0, 0.05) is 5.56 Å². The van der Waals surface area contributed by atoms with E-state index in [2.05, 4.69) is 4.98 Å². The second kappa shape index (κ2) is 4.56. The van der Waals surface area contributed by atoms with Crippen molar-refractivity contribution in [3.8, 4) is 17.2 Å². The minimum atomic E-state index is 0.572. The van der Waals surface area contributed by atoms with Gasteiger partial charge in [0.15, 0.2) is 5.58 Å². The van der Waals surface area contributed by atoms with Crippen molar-refractivity contribution in [3.63, 3.8) is 0 Å². The molecular weight excluding hydrogens is 252 g/mol. The number of methoxy groups -OCH3 is 1. The maximum Gasteiger partial charge on any atom is 0.227 e. The summed E-state index contributed by atoms with van der Waals surface area (Å²) < 4.78 is 11.0. The van der Waals surface area contributed by atoms with Crippen molar-refractivity contribution in [3.05, 3.63) is 41.5 Å². The summed E-state index contributed by atoms with van der Waals surface area (Å²) >= 11 is 0. The van der Waals surface area contributed by atoms with Gasteiger partial charge in [0.25, 0.3) is 0 Å². The Morgan fingerprint density at radius 1 is 1.10 bits per heavy atom. The number of rotatable bonds is 2. The summed E-state index contributed by atoms with van der Waals surface area (Å²) in [5.74, 6) is 1.37. The fourth-order valence-corrected chi connectivity index (χ4v) is 2.28. The van der Waals surface area contributed by atoms with Gasteiger partial charge in [-0.1, -0.05) is 6.07 Å². The van der Waals surface area contributed by atoms with Crippen molar-refractivity contribution < 1.29 is 9.15 Å². The van der Waals surface area contributed by atoms with Crippen LogP contribution in [0.3, 0.4) is 0 Å². The van der Waals surface area contributed by atoms with E-state index in [9.17, 15) is 0 Å². The van der Waals surface area contributed by atoms with Gasteiger partial charge < -0.3 is 14.9 Å². The van der Waals surface area contributed by atoms with Crippen LogP contribution in [0.2, 0.25) is 0 Å². The van der Waals surface area contributed by atoms with Gasteiger partial charge in [-0.15, -0.1) is 0 Å². The topological polar surface area (TPSA) is 61.3 Å². The molecule has 102 valence electrons. The first-order valence-corrected chi connectivity index (χ1v) is 6.41. The molecule has 0 saturated carbocycles. The van der Waals surface area contributed by atoms with Crippen molar-refractivity contribution in [2.45, 2.75) is 13.8 Å². The normalized spacial score (nSPS) is 10.9. The first-order valence-electron chi connectivity index (χ1n) is 6.41. The first kappa shape index (κ1) is 12.5. The number of nitrogen functional groups attached to an aromatic ring is 1. The number of aryl methyl sites for hydroxylation is 2. The molecule has 0 amide bonds. The molecule has 3 aromatic rings. The Labute approximate surface area is 117 Å². The highest BCUT2D eigenvalue weighted by Crippen LogP contribution is 2.32. The van der Waals surface area contributed by atoms with Crippen LogP contribution in [0.5, 0.6) is 5.75 Å². The van der Waals surface area contributed by atoms with Crippen molar-refractivity contribution in [1.29, 1.82) is 0 Å². The largest absolute Gasteiger partial charge is 0.497 e. The molecule has 20 heavy (non-hydrogen) atoms. The number of oxazole rings is 1. The van der Waals surface area contributed by atoms with E-state index in [4.69, 9.17) is 14.9 Å². The van der Waals surface area contributed by atoms with Crippen LogP contribution in [-0.2, 0) is 0 Å². The Balaban J connectivity index is 2.17. The molecular formula is C16H16N2O2. The predicted molar refractivity (Wildman–Crippen MR) is 79.9 cm³/mol. The minimum Gasteiger partial charge on any atom is -0.497 e. The first-order chi connectivity index (χ1) is 9.60. The van der Waals surface area contributed by atoms with Gasteiger partial charge in [0.1, 0.15) is 11.3 Å². The summed E-state index contributed by atoms with van der Waals surface area (Å²) in [6.45, 7) is 3.98. The van der Waals surface area contributed by atoms with Crippen LogP contribution in [0, 0.1) is 13.8 Å². The summed E-state index contributed by atoms with van der Waals surface area (Å²) in [6.07, 6.45) is 0. The van der Waals surface area contributed by atoms with Crippen molar-refractivity contribution in [1.82, 2.24) is 4.98 Å². The third kappa shape index (κ3) is 1.90. The van der Waals surface area contributed by atoms with E-state index in [1.165, 1.54) is 0 Å². The Bertz CT molecular complexity index is 773. The SMILES string of the molecule is COc1ccc(-c2nc3c(C)cc(C)c(N)c3o2)cc1. The monoisotopic (exact) mass is 268 g/mol. The van der Waals surface area contributed by atoms with Crippen LogP contribution in [0.1, 0.15) is 11.1 Å². The van der Waals surface area contributed by atoms with E-state index in [0.717, 1.165) is 28.0 Å². The van der Waals surface area contributed by atoms with E-state index in [1.54, 1.807) is 7.11 Å². The number of aromatic nitrogens is 1. The lowest BCUT2D eigenvalue weighted by molar-refractivity contribution is 0.415. The highest BCUT2D eigenvalue weighted by molar-refractivity contribution is 5.90. The summed E-state index contributed by atoms with van der Waals surface area (Å²) in [5, 5.41) is 0. The molecule has 1 heterocycles. The third-order valence-corrected chi connectivity index (χ3v) is 3.44. The lowest BCUT2D eigenvalue weighted by Crippen LogP contribution is -1.91. The molecule has 0 atom stereocenters. The Morgan fingerprint density at radius 2 is 1.80 bits per heavy atom. The standard InChI is InChI=1S/C16H16N2O2/c1-9-8-10(2)14-15(13(9)17)20-16(18-14)11-4-6-12(19-3)7-5-11/h4-8H,17H2,1-3H3. The van der Waals surface area contributed by atoms with Crippen LogP contribution in [-0.4, -0.2) is 12.1 Å². The van der Waals surface area contributed by atoms with Gasteiger partial charge in [0.05, 0.1) is 12.8 Å². The van der Waals surface area contributed by atoms with Crippen LogP contribution in [0.4, 0.5) is 5.69 Å². The van der Waals surface area contributed by atoms with Crippen LogP contribution in [0.15, 0.2) is 34.7 Å². The van der Waals surface area contributed by atoms with Crippen molar-refractivity contribution >= 4 is 16.8 Å². The summed E-state index contributed by atoms with van der Waals surface area (Å²) in [4.78, 5) is 4.55. The quantitative estimate of drug-likeness (QED) is 0.720. The molecule has 0 spiro atoms. The summed E-state index contributed by atoms with van der Waals surface area (Å²) in [7, 11) is 1.64. The second-order valence-electron chi connectivity index (χ2n) is 4.85. The van der Waals surface area contributed by atoms with Gasteiger partial charge in [-0.3, -0.25) is 0 Å². The molecule has 2 N–H and O–H groups in total. The smallest absolute Gasteiger partial charge is 0.227 e. The van der Waals surface area contributed by atoms with Crippen molar-refractivity contribution in [2.75, 3.05) is 12.8 Å². The molecule has 0 aliphatic carbocycles.